The summed E-state index contributed by atoms with van der Waals surface area (Å²) in [7, 11) is 0. The third-order valence-corrected chi connectivity index (χ3v) is 4.54. The van der Waals surface area contributed by atoms with Crippen molar-refractivity contribution in [3.05, 3.63) is 75.2 Å². The first kappa shape index (κ1) is 17.6. The summed E-state index contributed by atoms with van der Waals surface area (Å²) in [5.74, 6) is -0.548. The number of thiazole rings is 1. The second kappa shape index (κ2) is 7.37. The van der Waals surface area contributed by atoms with Crippen LogP contribution in [0.15, 0.2) is 58.9 Å². The second-order valence-electron chi connectivity index (χ2n) is 5.27. The van der Waals surface area contributed by atoms with Crippen LogP contribution in [0, 0.1) is 29.2 Å². The Labute approximate surface area is 158 Å². The average Bonchev–Trinajstić information content (AvgIpc) is 3.21. The predicted octanol–water partition coefficient (Wildman–Crippen LogP) is 3.01. The van der Waals surface area contributed by atoms with Crippen molar-refractivity contribution in [1.82, 2.24) is 10.3 Å². The zero-order chi connectivity index (χ0) is 19.4. The van der Waals surface area contributed by atoms with Gasteiger partial charge in [0.25, 0.3) is 11.6 Å². The van der Waals surface area contributed by atoms with Gasteiger partial charge in [-0.25, -0.2) is 15.1 Å². The number of aromatic nitrogens is 1. The molecule has 3 N–H and O–H groups in total. The molecule has 8 heteroatoms. The first-order valence-corrected chi connectivity index (χ1v) is 8.38. The number of rotatable bonds is 3. The van der Waals surface area contributed by atoms with E-state index in [4.69, 9.17) is 17.6 Å². The number of nitrogens with two attached hydrogens (primary N) is 1. The number of nitriles is 2. The molecule has 128 valence electrons. The molecule has 0 radical (unpaired) electrons. The van der Waals surface area contributed by atoms with Crippen LogP contribution in [0.1, 0.15) is 4.88 Å². The Balaban J connectivity index is 2.07. The molecule has 1 aromatic carbocycles. The van der Waals surface area contributed by atoms with E-state index >= 15 is 0 Å². The van der Waals surface area contributed by atoms with E-state index in [0.717, 1.165) is 10.4 Å². The maximum absolute atomic E-state index is 12.2. The average molecular weight is 370 g/mol. The van der Waals surface area contributed by atoms with Crippen molar-refractivity contribution in [2.45, 2.75) is 0 Å². The maximum atomic E-state index is 12.2. The van der Waals surface area contributed by atoms with Crippen molar-refractivity contribution in [3.63, 3.8) is 0 Å². The van der Waals surface area contributed by atoms with Crippen molar-refractivity contribution >= 4 is 28.5 Å². The van der Waals surface area contributed by atoms with Gasteiger partial charge in [0.05, 0.1) is 40.1 Å². The Morgan fingerprint density at radius 2 is 2.04 bits per heavy atom. The number of amides is 1. The zero-order valence-corrected chi connectivity index (χ0v) is 14.5. The molecule has 2 aromatic rings. The van der Waals surface area contributed by atoms with Crippen LogP contribution in [0.5, 0.6) is 0 Å². The normalized spacial score (nSPS) is 15.2. The van der Waals surface area contributed by atoms with Crippen LogP contribution in [-0.2, 0) is 4.79 Å². The first-order valence-electron chi connectivity index (χ1n) is 7.56. The van der Waals surface area contributed by atoms with Crippen molar-refractivity contribution < 1.29 is 4.79 Å². The van der Waals surface area contributed by atoms with Gasteiger partial charge in [-0.3, -0.25) is 4.79 Å². The first-order chi connectivity index (χ1) is 13.1. The van der Waals surface area contributed by atoms with Crippen LogP contribution in [0.2, 0.25) is 0 Å². The molecule has 0 unspecified atom stereocenters. The highest BCUT2D eigenvalue weighted by Gasteiger charge is 2.28. The van der Waals surface area contributed by atoms with E-state index in [1.807, 2.05) is 36.4 Å². The molecule has 0 bridgehead atoms. The number of anilines is 1. The highest BCUT2D eigenvalue weighted by atomic mass is 32.1. The number of nitrogens with zero attached hydrogens (tertiary/aromatic N) is 4. The number of benzene rings is 1. The van der Waals surface area contributed by atoms with E-state index in [2.05, 4.69) is 15.1 Å². The number of carbonyl (C=O) groups excluding carboxylic acids is 1. The van der Waals surface area contributed by atoms with E-state index in [1.54, 1.807) is 12.1 Å². The molecular formula is C19H10N6OS. The number of nitrogen functional groups attached to an aromatic ring is 1. The van der Waals surface area contributed by atoms with Gasteiger partial charge in [0.1, 0.15) is 6.07 Å². The Hall–Kier alpha value is -4.19. The van der Waals surface area contributed by atoms with E-state index in [0.29, 0.717) is 10.8 Å². The lowest BCUT2D eigenvalue weighted by atomic mass is 10.1. The van der Waals surface area contributed by atoms with Crippen LogP contribution >= 0.6 is 11.3 Å². The summed E-state index contributed by atoms with van der Waals surface area (Å²) in [5.41, 5.74) is 7.01. The smallest absolute Gasteiger partial charge is 0.286 e. The molecule has 1 aliphatic heterocycles. The van der Waals surface area contributed by atoms with E-state index < -0.39 is 5.91 Å². The summed E-state index contributed by atoms with van der Waals surface area (Å²) in [6.07, 6.45) is 3.12. The maximum Gasteiger partial charge on any atom is 0.286 e. The minimum atomic E-state index is -0.548. The van der Waals surface area contributed by atoms with Gasteiger partial charge in [-0.1, -0.05) is 41.7 Å². The molecule has 0 atom stereocenters. The molecule has 27 heavy (non-hydrogen) atoms. The van der Waals surface area contributed by atoms with Gasteiger partial charge in [-0.05, 0) is 12.2 Å². The van der Waals surface area contributed by atoms with Crippen molar-refractivity contribution in [3.8, 4) is 23.4 Å². The standard InChI is InChI=1S/C19H10N6OS/c1-23-14(10-21)17-13(9-20)12(18(26)24-17)7-8-15-16(25-19(22)27-15)11-5-3-2-4-6-11/h2-8H,(H2,22,25)(H,24,26)/b8-7+,17-14-. The summed E-state index contributed by atoms with van der Waals surface area (Å²) < 4.78 is 0. The highest BCUT2D eigenvalue weighted by Crippen LogP contribution is 2.32. The summed E-state index contributed by atoms with van der Waals surface area (Å²) in [6, 6.07) is 13.0. The lowest BCUT2D eigenvalue weighted by Crippen LogP contribution is -2.16. The molecule has 1 aromatic heterocycles. The van der Waals surface area contributed by atoms with Gasteiger partial charge in [-0.15, -0.1) is 0 Å². The SMILES string of the molecule is [C-]#[N+]/C(C#N)=C1\NC(=O)C(/C=C/c2sc(N)nc2-c2ccccc2)=C1C#N. The summed E-state index contributed by atoms with van der Waals surface area (Å²) in [4.78, 5) is 20.3. The Morgan fingerprint density at radius 3 is 2.67 bits per heavy atom. The fraction of sp³-hybridized carbons (Fsp3) is 0. The van der Waals surface area contributed by atoms with Crippen molar-refractivity contribution in [2.24, 2.45) is 0 Å². The molecule has 0 saturated carbocycles. The molecule has 0 saturated heterocycles. The number of hydrogen-bond acceptors (Lipinski definition) is 6. The Kier molecular flexibility index (Phi) is 4.81. The third-order valence-electron chi connectivity index (χ3n) is 3.69. The van der Waals surface area contributed by atoms with Gasteiger partial charge in [0.2, 0.25) is 0 Å². The lowest BCUT2D eigenvalue weighted by Gasteiger charge is -1.98. The lowest BCUT2D eigenvalue weighted by molar-refractivity contribution is -0.115. The summed E-state index contributed by atoms with van der Waals surface area (Å²) in [6.45, 7) is 7.01. The van der Waals surface area contributed by atoms with Crippen LogP contribution in [0.3, 0.4) is 0 Å². The van der Waals surface area contributed by atoms with Gasteiger partial charge in [0.15, 0.2) is 5.13 Å². The van der Waals surface area contributed by atoms with E-state index in [1.165, 1.54) is 17.4 Å². The molecule has 0 spiro atoms. The van der Waals surface area contributed by atoms with Crippen LogP contribution in [0.4, 0.5) is 5.13 Å². The number of nitrogens with one attached hydrogen (secondary N) is 1. The third kappa shape index (κ3) is 3.32. The van der Waals surface area contributed by atoms with Crippen molar-refractivity contribution in [1.29, 1.82) is 10.5 Å². The second-order valence-corrected chi connectivity index (χ2v) is 6.33. The van der Waals surface area contributed by atoms with Gasteiger partial charge < -0.3 is 11.1 Å². The van der Waals surface area contributed by atoms with Gasteiger partial charge in [0, 0.05) is 5.56 Å². The summed E-state index contributed by atoms with van der Waals surface area (Å²) >= 11 is 1.25. The summed E-state index contributed by atoms with van der Waals surface area (Å²) in [5, 5.41) is 21.2. The quantitative estimate of drug-likeness (QED) is 0.635. The number of allylic oxidation sites excluding steroid dienone is 2. The van der Waals surface area contributed by atoms with Crippen molar-refractivity contribution in [2.75, 3.05) is 5.73 Å². The largest absolute Gasteiger partial charge is 0.375 e. The molecule has 0 fully saturated rings. The molecule has 7 nitrogen and oxygen atoms in total. The van der Waals surface area contributed by atoms with Crippen LogP contribution in [0.25, 0.3) is 22.2 Å². The highest BCUT2D eigenvalue weighted by molar-refractivity contribution is 7.16. The zero-order valence-electron chi connectivity index (χ0n) is 13.7. The van der Waals surface area contributed by atoms with Crippen LogP contribution in [-0.4, -0.2) is 10.9 Å². The van der Waals surface area contributed by atoms with E-state index in [-0.39, 0.29) is 22.5 Å². The van der Waals surface area contributed by atoms with Gasteiger partial charge >= 0.3 is 0 Å². The minimum absolute atomic E-state index is 0.0393. The fourth-order valence-electron chi connectivity index (χ4n) is 2.51. The number of hydrogen-bond donors (Lipinski definition) is 2. The molecule has 1 amide bonds. The van der Waals surface area contributed by atoms with Crippen LogP contribution < -0.4 is 11.1 Å². The topological polar surface area (TPSA) is 120 Å². The molecular weight excluding hydrogens is 360 g/mol. The Morgan fingerprint density at radius 1 is 1.30 bits per heavy atom. The Bertz CT molecular complexity index is 1130. The molecule has 1 aliphatic rings. The molecule has 0 aliphatic carbocycles. The molecule has 3 rings (SSSR count). The predicted molar refractivity (Wildman–Crippen MR) is 101 cm³/mol. The van der Waals surface area contributed by atoms with E-state index in [9.17, 15) is 10.1 Å². The number of carbonyl (C=O) groups is 1. The van der Waals surface area contributed by atoms with Gasteiger partial charge in [-0.2, -0.15) is 5.26 Å². The molecule has 2 heterocycles. The minimum Gasteiger partial charge on any atom is -0.375 e. The monoisotopic (exact) mass is 370 g/mol. The fourth-order valence-corrected chi connectivity index (χ4v) is 3.26.